The van der Waals surface area contributed by atoms with Crippen LogP contribution in [0, 0.1) is 10.1 Å². The molecule has 1 aromatic rings. The largest absolute Gasteiger partial charge is 0.376 e. The Morgan fingerprint density at radius 3 is 2.65 bits per heavy atom. The van der Waals surface area contributed by atoms with Crippen LogP contribution in [0.1, 0.15) is 38.5 Å². The van der Waals surface area contributed by atoms with Gasteiger partial charge in [0.1, 0.15) is 12.0 Å². The maximum absolute atomic E-state index is 10.5. The van der Waals surface area contributed by atoms with Gasteiger partial charge in [-0.25, -0.2) is 4.98 Å². The summed E-state index contributed by atoms with van der Waals surface area (Å²) in [6.07, 6.45) is 9.16. The quantitative estimate of drug-likeness (QED) is 0.374. The molecule has 6 heteroatoms. The number of nitro groups is 1. The summed E-state index contributed by atoms with van der Waals surface area (Å²) < 4.78 is 5.85. The molecule has 20 heavy (non-hydrogen) atoms. The number of pyridine rings is 1. The first-order chi connectivity index (χ1) is 9.75. The molecule has 1 aliphatic carbocycles. The van der Waals surface area contributed by atoms with Crippen molar-refractivity contribution in [1.29, 1.82) is 0 Å². The Morgan fingerprint density at radius 2 is 2.05 bits per heavy atom. The first-order valence-electron chi connectivity index (χ1n) is 7.21. The van der Waals surface area contributed by atoms with Crippen LogP contribution in [0.2, 0.25) is 0 Å². The first kappa shape index (κ1) is 14.7. The van der Waals surface area contributed by atoms with E-state index in [-0.39, 0.29) is 5.69 Å². The first-order valence-corrected chi connectivity index (χ1v) is 7.21. The van der Waals surface area contributed by atoms with E-state index in [1.54, 1.807) is 6.07 Å². The lowest BCUT2D eigenvalue weighted by Crippen LogP contribution is -2.17. The molecule has 1 saturated carbocycles. The molecule has 1 aromatic heterocycles. The molecular formula is C14H21N3O3. The van der Waals surface area contributed by atoms with E-state index in [1.807, 2.05) is 0 Å². The van der Waals surface area contributed by atoms with E-state index in [2.05, 4.69) is 10.3 Å². The van der Waals surface area contributed by atoms with E-state index < -0.39 is 4.92 Å². The number of aromatic nitrogens is 1. The minimum atomic E-state index is -0.452. The van der Waals surface area contributed by atoms with Gasteiger partial charge in [-0.15, -0.1) is 0 Å². The van der Waals surface area contributed by atoms with Crippen LogP contribution < -0.4 is 5.32 Å². The zero-order chi connectivity index (χ0) is 14.2. The lowest BCUT2D eigenvalue weighted by Gasteiger charge is -2.15. The maximum Gasteiger partial charge on any atom is 0.287 e. The highest BCUT2D eigenvalue weighted by Crippen LogP contribution is 2.19. The molecule has 110 valence electrons. The SMILES string of the molecule is O=[N+]([O-])c1ccc(NCCOC2CCCCCC2)nc1. The second-order valence-electron chi connectivity index (χ2n) is 5.07. The van der Waals surface area contributed by atoms with Gasteiger partial charge in [-0.05, 0) is 18.9 Å². The Balaban J connectivity index is 1.66. The van der Waals surface area contributed by atoms with Crippen LogP contribution in [0.25, 0.3) is 0 Å². The number of hydrogen-bond acceptors (Lipinski definition) is 5. The summed E-state index contributed by atoms with van der Waals surface area (Å²) in [5.41, 5.74) is 0.00487. The predicted molar refractivity (Wildman–Crippen MR) is 76.8 cm³/mol. The van der Waals surface area contributed by atoms with Gasteiger partial charge < -0.3 is 10.1 Å². The molecule has 0 saturated heterocycles. The number of ether oxygens (including phenoxy) is 1. The number of rotatable bonds is 6. The van der Waals surface area contributed by atoms with E-state index in [0.717, 1.165) is 12.8 Å². The fourth-order valence-electron chi connectivity index (χ4n) is 2.41. The third-order valence-electron chi connectivity index (χ3n) is 3.52. The van der Waals surface area contributed by atoms with Crippen LogP contribution in [-0.2, 0) is 4.74 Å². The van der Waals surface area contributed by atoms with Crippen molar-refractivity contribution in [2.24, 2.45) is 0 Å². The van der Waals surface area contributed by atoms with Crippen molar-refractivity contribution < 1.29 is 9.66 Å². The zero-order valence-electron chi connectivity index (χ0n) is 11.6. The Hall–Kier alpha value is -1.69. The van der Waals surface area contributed by atoms with Gasteiger partial charge in [-0.1, -0.05) is 25.7 Å². The highest BCUT2D eigenvalue weighted by molar-refractivity contribution is 5.39. The standard InChI is InChI=1S/C14H21N3O3/c18-17(19)12-7-8-14(16-11-12)15-9-10-20-13-5-3-1-2-4-6-13/h7-8,11,13H,1-6,9-10H2,(H,15,16). The smallest absolute Gasteiger partial charge is 0.287 e. The third kappa shape index (κ3) is 4.77. The van der Waals surface area contributed by atoms with Crippen molar-refractivity contribution in [2.75, 3.05) is 18.5 Å². The number of hydrogen-bond donors (Lipinski definition) is 1. The molecule has 1 heterocycles. The summed E-state index contributed by atoms with van der Waals surface area (Å²) in [4.78, 5) is 14.0. The van der Waals surface area contributed by atoms with Crippen molar-refractivity contribution in [3.05, 3.63) is 28.4 Å². The lowest BCUT2D eigenvalue weighted by molar-refractivity contribution is -0.385. The highest BCUT2D eigenvalue weighted by Gasteiger charge is 2.12. The zero-order valence-corrected chi connectivity index (χ0v) is 11.6. The van der Waals surface area contributed by atoms with Crippen LogP contribution in [0.3, 0.4) is 0 Å². The normalized spacial score (nSPS) is 16.6. The van der Waals surface area contributed by atoms with Crippen molar-refractivity contribution >= 4 is 11.5 Å². The molecule has 1 aliphatic rings. The molecule has 0 spiro atoms. The second kappa shape index (κ2) is 7.79. The van der Waals surface area contributed by atoms with Crippen LogP contribution in [0.15, 0.2) is 18.3 Å². The van der Waals surface area contributed by atoms with Crippen molar-refractivity contribution in [2.45, 2.75) is 44.6 Å². The molecule has 0 atom stereocenters. The topological polar surface area (TPSA) is 77.3 Å². The molecule has 0 aliphatic heterocycles. The van der Waals surface area contributed by atoms with Crippen molar-refractivity contribution in [3.63, 3.8) is 0 Å². The fourth-order valence-corrected chi connectivity index (χ4v) is 2.41. The number of anilines is 1. The third-order valence-corrected chi connectivity index (χ3v) is 3.52. The Morgan fingerprint density at radius 1 is 1.30 bits per heavy atom. The second-order valence-corrected chi connectivity index (χ2v) is 5.07. The van der Waals surface area contributed by atoms with Crippen LogP contribution >= 0.6 is 0 Å². The molecule has 0 aromatic carbocycles. The molecule has 1 N–H and O–H groups in total. The van der Waals surface area contributed by atoms with Gasteiger partial charge in [-0.3, -0.25) is 10.1 Å². The average molecular weight is 279 g/mol. The molecule has 1 fully saturated rings. The molecular weight excluding hydrogens is 258 g/mol. The van der Waals surface area contributed by atoms with Gasteiger partial charge in [-0.2, -0.15) is 0 Å². The number of nitrogens with one attached hydrogen (secondary N) is 1. The lowest BCUT2D eigenvalue weighted by atomic mass is 10.1. The molecule has 2 rings (SSSR count). The average Bonchev–Trinajstić information content (AvgIpc) is 2.73. The summed E-state index contributed by atoms with van der Waals surface area (Å²) in [5.74, 6) is 0.639. The van der Waals surface area contributed by atoms with E-state index in [1.165, 1.54) is 37.9 Å². The highest BCUT2D eigenvalue weighted by atomic mass is 16.6. The summed E-state index contributed by atoms with van der Waals surface area (Å²) in [6, 6.07) is 3.06. The summed E-state index contributed by atoms with van der Waals surface area (Å²) >= 11 is 0. The van der Waals surface area contributed by atoms with E-state index in [9.17, 15) is 10.1 Å². The van der Waals surface area contributed by atoms with Crippen LogP contribution in [0.4, 0.5) is 11.5 Å². The van der Waals surface area contributed by atoms with Gasteiger partial charge in [0.2, 0.25) is 0 Å². The van der Waals surface area contributed by atoms with Crippen LogP contribution in [-0.4, -0.2) is 29.2 Å². The molecule has 0 bridgehead atoms. The Labute approximate surface area is 118 Å². The van der Waals surface area contributed by atoms with E-state index in [4.69, 9.17) is 4.74 Å². The van der Waals surface area contributed by atoms with Crippen LogP contribution in [0.5, 0.6) is 0 Å². The Kier molecular flexibility index (Phi) is 5.73. The van der Waals surface area contributed by atoms with Gasteiger partial charge in [0.05, 0.1) is 17.6 Å². The van der Waals surface area contributed by atoms with Gasteiger partial charge in [0, 0.05) is 12.6 Å². The fraction of sp³-hybridized carbons (Fsp3) is 0.643. The number of nitrogens with zero attached hydrogens (tertiary/aromatic N) is 2. The van der Waals surface area contributed by atoms with E-state index in [0.29, 0.717) is 25.1 Å². The van der Waals surface area contributed by atoms with Gasteiger partial charge in [0.25, 0.3) is 5.69 Å². The monoisotopic (exact) mass is 279 g/mol. The summed E-state index contributed by atoms with van der Waals surface area (Å²) in [5, 5.41) is 13.6. The minimum Gasteiger partial charge on any atom is -0.376 e. The Bertz CT molecular complexity index is 414. The summed E-state index contributed by atoms with van der Waals surface area (Å²) in [6.45, 7) is 1.31. The summed E-state index contributed by atoms with van der Waals surface area (Å²) in [7, 11) is 0. The minimum absolute atomic E-state index is 0.00487. The molecule has 0 amide bonds. The van der Waals surface area contributed by atoms with Crippen molar-refractivity contribution in [1.82, 2.24) is 4.98 Å². The molecule has 0 unspecified atom stereocenters. The molecule has 6 nitrogen and oxygen atoms in total. The van der Waals surface area contributed by atoms with Gasteiger partial charge in [0.15, 0.2) is 0 Å². The molecule has 0 radical (unpaired) electrons. The van der Waals surface area contributed by atoms with Gasteiger partial charge >= 0.3 is 0 Å². The predicted octanol–water partition coefficient (Wildman–Crippen LogP) is 3.14. The van der Waals surface area contributed by atoms with Crippen molar-refractivity contribution in [3.8, 4) is 0 Å². The van der Waals surface area contributed by atoms with E-state index >= 15 is 0 Å². The maximum atomic E-state index is 10.5.